The third-order valence-electron chi connectivity index (χ3n) is 2.24. The van der Waals surface area contributed by atoms with Crippen molar-refractivity contribution in [2.24, 2.45) is 0 Å². The number of halogens is 2. The van der Waals surface area contributed by atoms with Gasteiger partial charge in [0.2, 0.25) is 5.28 Å². The van der Waals surface area contributed by atoms with E-state index >= 15 is 0 Å². The third kappa shape index (κ3) is 2.85. The summed E-state index contributed by atoms with van der Waals surface area (Å²) in [6.07, 6.45) is 2.83. The van der Waals surface area contributed by atoms with Crippen molar-refractivity contribution in [3.63, 3.8) is 0 Å². The van der Waals surface area contributed by atoms with Crippen molar-refractivity contribution in [2.75, 3.05) is 0 Å². The molecule has 7 nitrogen and oxygen atoms in total. The van der Waals surface area contributed by atoms with Crippen LogP contribution in [-0.4, -0.2) is 29.7 Å². The number of ether oxygens (including phenoxy) is 1. The van der Waals surface area contributed by atoms with Gasteiger partial charge in [-0.05, 0) is 46.3 Å². The fourth-order valence-electron chi connectivity index (χ4n) is 1.41. The van der Waals surface area contributed by atoms with Crippen LogP contribution in [0.5, 0.6) is 11.8 Å². The van der Waals surface area contributed by atoms with E-state index in [0.29, 0.717) is 5.75 Å². The molecule has 0 bridgehead atoms. The van der Waals surface area contributed by atoms with Crippen LogP contribution in [0.4, 0.5) is 0 Å². The molecule has 2 aromatic heterocycles. The largest absolute Gasteiger partial charge is 0.423 e. The molecule has 0 atom stereocenters. The molecule has 0 spiro atoms. The molecule has 0 radical (unpaired) electrons. The molecule has 0 aliphatic rings. The van der Waals surface area contributed by atoms with Gasteiger partial charge in [0.15, 0.2) is 0 Å². The van der Waals surface area contributed by atoms with Gasteiger partial charge < -0.3 is 4.74 Å². The minimum absolute atomic E-state index is 0.0199. The van der Waals surface area contributed by atoms with E-state index in [2.05, 4.69) is 47.6 Å². The average molecular weight is 401 g/mol. The predicted octanol–water partition coefficient (Wildman–Crippen LogP) is 2.50. The first kappa shape index (κ1) is 13.2. The second-order valence-corrected chi connectivity index (χ2v) is 5.06. The molecular weight excluding hydrogens is 395 g/mol. The first-order valence-electron chi connectivity index (χ1n) is 5.41. The molecule has 20 heavy (non-hydrogen) atoms. The van der Waals surface area contributed by atoms with E-state index in [4.69, 9.17) is 16.3 Å². The summed E-state index contributed by atoms with van der Waals surface area (Å²) in [6, 6.07) is 7.60. The van der Waals surface area contributed by atoms with Crippen LogP contribution in [0.25, 0.3) is 5.95 Å². The molecule has 0 aliphatic carbocycles. The van der Waals surface area contributed by atoms with E-state index in [1.807, 2.05) is 24.3 Å². The van der Waals surface area contributed by atoms with E-state index in [-0.39, 0.29) is 17.2 Å². The Bertz CT molecular complexity index is 736. The van der Waals surface area contributed by atoms with Crippen LogP contribution in [0, 0.1) is 3.57 Å². The van der Waals surface area contributed by atoms with Gasteiger partial charge in [-0.2, -0.15) is 24.7 Å². The van der Waals surface area contributed by atoms with Crippen LogP contribution in [-0.2, 0) is 0 Å². The maximum Gasteiger partial charge on any atom is 0.328 e. The van der Waals surface area contributed by atoms with Gasteiger partial charge >= 0.3 is 6.01 Å². The second kappa shape index (κ2) is 5.67. The van der Waals surface area contributed by atoms with E-state index in [0.717, 1.165) is 3.57 Å². The molecule has 0 saturated carbocycles. The van der Waals surface area contributed by atoms with Crippen molar-refractivity contribution in [3.05, 3.63) is 45.8 Å². The maximum absolute atomic E-state index is 5.87. The normalized spacial score (nSPS) is 10.5. The molecule has 0 N–H and O–H groups in total. The van der Waals surface area contributed by atoms with Crippen molar-refractivity contribution in [1.82, 2.24) is 29.7 Å². The monoisotopic (exact) mass is 400 g/mol. The summed E-state index contributed by atoms with van der Waals surface area (Å²) < 4.78 is 7.92. The van der Waals surface area contributed by atoms with Crippen LogP contribution in [0.2, 0.25) is 5.28 Å². The highest BCUT2D eigenvalue weighted by Gasteiger charge is 2.10. The summed E-state index contributed by atoms with van der Waals surface area (Å²) in [7, 11) is 0. The van der Waals surface area contributed by atoms with Gasteiger partial charge in [-0.3, -0.25) is 0 Å². The molecule has 3 aromatic rings. The van der Waals surface area contributed by atoms with Crippen molar-refractivity contribution in [3.8, 4) is 17.7 Å². The molecule has 0 saturated heterocycles. The molecule has 0 amide bonds. The summed E-state index contributed by atoms with van der Waals surface area (Å²) in [5, 5.41) is 3.95. The van der Waals surface area contributed by atoms with Gasteiger partial charge in [0, 0.05) is 0 Å². The Balaban J connectivity index is 1.97. The standard InChI is InChI=1S/C11H6ClIN6O/c12-9-16-10(19-6-14-5-15-19)18-11(17-9)20-8-4-2-1-3-7(8)13/h1-6H. The number of hydrogen-bond donors (Lipinski definition) is 0. The van der Waals surface area contributed by atoms with Crippen LogP contribution in [0.15, 0.2) is 36.9 Å². The number of para-hydroxylation sites is 1. The Morgan fingerprint density at radius 1 is 1.15 bits per heavy atom. The molecule has 9 heteroatoms. The van der Waals surface area contributed by atoms with Crippen molar-refractivity contribution in [2.45, 2.75) is 0 Å². The number of aromatic nitrogens is 6. The zero-order chi connectivity index (χ0) is 13.9. The van der Waals surface area contributed by atoms with Crippen LogP contribution >= 0.6 is 34.2 Å². The van der Waals surface area contributed by atoms with Gasteiger partial charge in [0.05, 0.1) is 3.57 Å². The summed E-state index contributed by atoms with van der Waals surface area (Å²) in [5.74, 6) is 0.878. The van der Waals surface area contributed by atoms with E-state index in [9.17, 15) is 0 Å². The Morgan fingerprint density at radius 2 is 2.00 bits per heavy atom. The Labute approximate surface area is 132 Å². The Morgan fingerprint density at radius 3 is 2.75 bits per heavy atom. The Hall–Kier alpha value is -1.81. The molecule has 100 valence electrons. The number of rotatable bonds is 3. The molecule has 3 rings (SSSR count). The topological polar surface area (TPSA) is 78.6 Å². The number of nitrogens with zero attached hydrogens (tertiary/aromatic N) is 6. The van der Waals surface area contributed by atoms with Crippen LogP contribution in [0.3, 0.4) is 0 Å². The molecule has 2 heterocycles. The average Bonchev–Trinajstić information content (AvgIpc) is 2.95. The molecule has 0 unspecified atom stereocenters. The van der Waals surface area contributed by atoms with Crippen molar-refractivity contribution in [1.29, 1.82) is 0 Å². The minimum Gasteiger partial charge on any atom is -0.423 e. The quantitative estimate of drug-likeness (QED) is 0.629. The summed E-state index contributed by atoms with van der Waals surface area (Å²) in [4.78, 5) is 15.9. The maximum atomic E-state index is 5.87. The highest BCUT2D eigenvalue weighted by atomic mass is 127. The molecule has 0 aliphatic heterocycles. The summed E-state index contributed by atoms with van der Waals surface area (Å²) in [5.41, 5.74) is 0. The predicted molar refractivity (Wildman–Crippen MR) is 79.0 cm³/mol. The number of benzene rings is 1. The second-order valence-electron chi connectivity index (χ2n) is 3.56. The number of hydrogen-bond acceptors (Lipinski definition) is 6. The fourth-order valence-corrected chi connectivity index (χ4v) is 2.05. The fraction of sp³-hybridized carbons (Fsp3) is 0. The lowest BCUT2D eigenvalue weighted by atomic mass is 10.3. The van der Waals surface area contributed by atoms with Gasteiger partial charge in [0.25, 0.3) is 5.95 Å². The SMILES string of the molecule is Clc1nc(Oc2ccccc2I)nc(-n2cncn2)n1. The van der Waals surface area contributed by atoms with Crippen molar-refractivity contribution < 1.29 is 4.74 Å². The Kier molecular flexibility index (Phi) is 3.74. The van der Waals surface area contributed by atoms with Gasteiger partial charge in [-0.1, -0.05) is 12.1 Å². The van der Waals surface area contributed by atoms with E-state index in [1.165, 1.54) is 17.3 Å². The zero-order valence-corrected chi connectivity index (χ0v) is 12.7. The van der Waals surface area contributed by atoms with Gasteiger partial charge in [0.1, 0.15) is 18.4 Å². The summed E-state index contributed by atoms with van der Waals surface area (Å²) >= 11 is 8.03. The summed E-state index contributed by atoms with van der Waals surface area (Å²) in [6.45, 7) is 0. The van der Waals surface area contributed by atoms with Crippen molar-refractivity contribution >= 4 is 34.2 Å². The molecule has 0 fully saturated rings. The van der Waals surface area contributed by atoms with Crippen LogP contribution < -0.4 is 4.74 Å². The first-order chi connectivity index (χ1) is 9.72. The highest BCUT2D eigenvalue weighted by molar-refractivity contribution is 14.1. The third-order valence-corrected chi connectivity index (χ3v) is 3.30. The lowest BCUT2D eigenvalue weighted by Gasteiger charge is -2.06. The lowest BCUT2D eigenvalue weighted by Crippen LogP contribution is -2.05. The molecular formula is C11H6ClIN6O. The zero-order valence-electron chi connectivity index (χ0n) is 9.81. The molecule has 1 aromatic carbocycles. The highest BCUT2D eigenvalue weighted by Crippen LogP contribution is 2.24. The smallest absolute Gasteiger partial charge is 0.328 e. The van der Waals surface area contributed by atoms with Gasteiger partial charge in [-0.25, -0.2) is 4.98 Å². The minimum atomic E-state index is 0.0199. The first-order valence-corrected chi connectivity index (χ1v) is 6.87. The van der Waals surface area contributed by atoms with E-state index in [1.54, 1.807) is 0 Å². The van der Waals surface area contributed by atoms with Crippen LogP contribution in [0.1, 0.15) is 0 Å². The van der Waals surface area contributed by atoms with E-state index < -0.39 is 0 Å². The lowest BCUT2D eigenvalue weighted by molar-refractivity contribution is 0.434. The van der Waals surface area contributed by atoms with Gasteiger partial charge in [-0.15, -0.1) is 0 Å².